The fourth-order valence-electron chi connectivity index (χ4n) is 1.43. The summed E-state index contributed by atoms with van der Waals surface area (Å²) in [6.45, 7) is 3.84. The highest BCUT2D eigenvalue weighted by Gasteiger charge is 2.32. The van der Waals surface area contributed by atoms with Crippen LogP contribution in [0.4, 0.5) is 0 Å². The lowest BCUT2D eigenvalue weighted by Gasteiger charge is -2.31. The summed E-state index contributed by atoms with van der Waals surface area (Å²) in [5, 5.41) is 12.4. The summed E-state index contributed by atoms with van der Waals surface area (Å²) < 4.78 is 0. The molecule has 0 atom stereocenters. The zero-order chi connectivity index (χ0) is 12.2. The molecule has 0 fully saturated rings. The molecular formula is C9H15N5OS. The third kappa shape index (κ3) is 2.35. The van der Waals surface area contributed by atoms with Crippen molar-refractivity contribution < 1.29 is 4.79 Å². The molecule has 7 heteroatoms. The van der Waals surface area contributed by atoms with Crippen molar-refractivity contribution in [2.45, 2.75) is 32.2 Å². The van der Waals surface area contributed by atoms with Crippen LogP contribution in [0.2, 0.25) is 0 Å². The quantitative estimate of drug-likeness (QED) is 0.647. The summed E-state index contributed by atoms with van der Waals surface area (Å²) in [6.07, 6.45) is 2.63. The van der Waals surface area contributed by atoms with E-state index in [1.807, 2.05) is 13.8 Å². The van der Waals surface area contributed by atoms with Crippen LogP contribution >= 0.6 is 12.2 Å². The number of carbonyl (C=O) groups is 1. The van der Waals surface area contributed by atoms with Crippen molar-refractivity contribution in [1.29, 1.82) is 0 Å². The fourth-order valence-corrected chi connectivity index (χ4v) is 1.77. The van der Waals surface area contributed by atoms with E-state index < -0.39 is 5.54 Å². The van der Waals surface area contributed by atoms with Crippen LogP contribution in [0.5, 0.6) is 0 Å². The van der Waals surface area contributed by atoms with Crippen molar-refractivity contribution in [3.63, 3.8) is 0 Å². The van der Waals surface area contributed by atoms with E-state index in [1.165, 1.54) is 6.20 Å². The van der Waals surface area contributed by atoms with Gasteiger partial charge in [-0.2, -0.15) is 15.4 Å². The number of thiocarbonyl (C=S) groups is 1. The van der Waals surface area contributed by atoms with E-state index in [4.69, 9.17) is 18.0 Å². The molecule has 0 aliphatic heterocycles. The maximum absolute atomic E-state index is 11.8. The second kappa shape index (κ2) is 5.02. The highest BCUT2D eigenvalue weighted by molar-refractivity contribution is 7.80. The van der Waals surface area contributed by atoms with E-state index >= 15 is 0 Å². The van der Waals surface area contributed by atoms with Gasteiger partial charge in [0.25, 0.3) is 5.91 Å². The first kappa shape index (κ1) is 12.6. The van der Waals surface area contributed by atoms with Crippen LogP contribution in [0.25, 0.3) is 0 Å². The standard InChI is InChI=1S/C9H15N5OS/c1-3-9(4-2,8(10)16)12-7(15)6-5-11-14-13-6/h5H,3-4H2,1-2H3,(H2,10,16)(H,12,15)(H,11,13,14). The topological polar surface area (TPSA) is 96.7 Å². The molecule has 1 aromatic rings. The number of nitrogens with one attached hydrogen (secondary N) is 2. The summed E-state index contributed by atoms with van der Waals surface area (Å²) in [4.78, 5) is 12.1. The molecule has 16 heavy (non-hydrogen) atoms. The zero-order valence-corrected chi connectivity index (χ0v) is 10.1. The van der Waals surface area contributed by atoms with E-state index in [9.17, 15) is 4.79 Å². The van der Waals surface area contributed by atoms with Crippen LogP contribution in [0.1, 0.15) is 37.2 Å². The first-order valence-corrected chi connectivity index (χ1v) is 5.44. The van der Waals surface area contributed by atoms with Crippen molar-refractivity contribution in [3.8, 4) is 0 Å². The van der Waals surface area contributed by atoms with Crippen LogP contribution in [-0.4, -0.2) is 31.8 Å². The van der Waals surface area contributed by atoms with Gasteiger partial charge in [-0.3, -0.25) is 4.79 Å². The molecule has 0 saturated carbocycles. The number of carbonyl (C=O) groups excluding carboxylic acids is 1. The minimum Gasteiger partial charge on any atom is -0.391 e. The Labute approximate surface area is 99.0 Å². The molecule has 1 aromatic heterocycles. The van der Waals surface area contributed by atoms with Gasteiger partial charge in [-0.15, -0.1) is 0 Å². The number of amides is 1. The average Bonchev–Trinajstić information content (AvgIpc) is 2.78. The minimum atomic E-state index is -0.647. The molecule has 0 saturated heterocycles. The van der Waals surface area contributed by atoms with Crippen molar-refractivity contribution >= 4 is 23.1 Å². The Morgan fingerprint density at radius 2 is 2.25 bits per heavy atom. The molecule has 0 aliphatic carbocycles. The van der Waals surface area contributed by atoms with Crippen molar-refractivity contribution in [1.82, 2.24) is 20.7 Å². The zero-order valence-electron chi connectivity index (χ0n) is 9.28. The van der Waals surface area contributed by atoms with E-state index in [0.717, 1.165) is 0 Å². The van der Waals surface area contributed by atoms with Crippen molar-refractivity contribution in [2.24, 2.45) is 5.73 Å². The summed E-state index contributed by atoms with van der Waals surface area (Å²) >= 11 is 4.99. The number of aromatic amines is 1. The average molecular weight is 241 g/mol. The van der Waals surface area contributed by atoms with Gasteiger partial charge < -0.3 is 11.1 Å². The van der Waals surface area contributed by atoms with Crippen LogP contribution < -0.4 is 11.1 Å². The van der Waals surface area contributed by atoms with Gasteiger partial charge in [0.2, 0.25) is 0 Å². The molecule has 0 spiro atoms. The first-order valence-electron chi connectivity index (χ1n) is 5.04. The molecule has 6 nitrogen and oxygen atoms in total. The molecule has 4 N–H and O–H groups in total. The van der Waals surface area contributed by atoms with E-state index in [1.54, 1.807) is 0 Å². The van der Waals surface area contributed by atoms with Gasteiger partial charge in [0.05, 0.1) is 16.7 Å². The molecule has 88 valence electrons. The molecule has 0 unspecified atom stereocenters. The Hall–Kier alpha value is -1.50. The SMILES string of the molecule is CCC(CC)(NC(=O)c1cn[nH]n1)C(N)=S. The van der Waals surface area contributed by atoms with Gasteiger partial charge >= 0.3 is 0 Å². The molecule has 0 radical (unpaired) electrons. The molecule has 0 aliphatic rings. The molecule has 0 bridgehead atoms. The lowest BCUT2D eigenvalue weighted by Crippen LogP contribution is -2.56. The summed E-state index contributed by atoms with van der Waals surface area (Å²) in [5.74, 6) is -0.328. The van der Waals surface area contributed by atoms with Crippen LogP contribution in [0.15, 0.2) is 6.20 Å². The van der Waals surface area contributed by atoms with Crippen molar-refractivity contribution in [2.75, 3.05) is 0 Å². The molecule has 1 rings (SSSR count). The third-order valence-corrected chi connectivity index (χ3v) is 3.07. The number of rotatable bonds is 5. The number of hydrogen-bond acceptors (Lipinski definition) is 4. The maximum Gasteiger partial charge on any atom is 0.274 e. The van der Waals surface area contributed by atoms with Gasteiger partial charge in [0.1, 0.15) is 0 Å². The van der Waals surface area contributed by atoms with Gasteiger partial charge in [-0.05, 0) is 12.8 Å². The van der Waals surface area contributed by atoms with Gasteiger partial charge in [-0.1, -0.05) is 26.1 Å². The number of H-pyrrole nitrogens is 1. The molecule has 1 amide bonds. The van der Waals surface area contributed by atoms with Gasteiger partial charge in [0.15, 0.2) is 5.69 Å². The van der Waals surface area contributed by atoms with E-state index in [-0.39, 0.29) is 16.6 Å². The Morgan fingerprint density at radius 3 is 2.62 bits per heavy atom. The number of nitrogens with two attached hydrogens (primary N) is 1. The Morgan fingerprint density at radius 1 is 1.62 bits per heavy atom. The second-order valence-corrected chi connectivity index (χ2v) is 3.90. The normalized spacial score (nSPS) is 11.1. The lowest BCUT2D eigenvalue weighted by molar-refractivity contribution is 0.0914. The third-order valence-electron chi connectivity index (χ3n) is 2.68. The van der Waals surface area contributed by atoms with Gasteiger partial charge in [0, 0.05) is 0 Å². The Balaban J connectivity index is 2.84. The summed E-state index contributed by atoms with van der Waals surface area (Å²) in [7, 11) is 0. The van der Waals surface area contributed by atoms with Crippen LogP contribution in [0.3, 0.4) is 0 Å². The number of hydrogen-bond donors (Lipinski definition) is 3. The number of nitrogens with zero attached hydrogens (tertiary/aromatic N) is 2. The smallest absolute Gasteiger partial charge is 0.274 e. The highest BCUT2D eigenvalue weighted by atomic mass is 32.1. The fraction of sp³-hybridized carbons (Fsp3) is 0.556. The lowest BCUT2D eigenvalue weighted by atomic mass is 9.92. The van der Waals surface area contributed by atoms with Crippen molar-refractivity contribution in [3.05, 3.63) is 11.9 Å². The molecular weight excluding hydrogens is 226 g/mol. The number of aromatic nitrogens is 3. The summed E-state index contributed by atoms with van der Waals surface area (Å²) in [6, 6.07) is 0. The van der Waals surface area contributed by atoms with E-state index in [0.29, 0.717) is 12.8 Å². The molecule has 0 aromatic carbocycles. The Bertz CT molecular complexity index is 371. The van der Waals surface area contributed by atoms with Crippen LogP contribution in [0, 0.1) is 0 Å². The van der Waals surface area contributed by atoms with E-state index in [2.05, 4.69) is 20.7 Å². The minimum absolute atomic E-state index is 0.225. The largest absolute Gasteiger partial charge is 0.391 e. The maximum atomic E-state index is 11.8. The van der Waals surface area contributed by atoms with Gasteiger partial charge in [-0.25, -0.2) is 0 Å². The second-order valence-electron chi connectivity index (χ2n) is 3.46. The van der Waals surface area contributed by atoms with Crippen LogP contribution in [-0.2, 0) is 0 Å². The Kier molecular flexibility index (Phi) is 3.94. The first-order chi connectivity index (χ1) is 7.55. The predicted octanol–water partition coefficient (Wildman–Crippen LogP) is 0.379. The summed E-state index contributed by atoms with van der Waals surface area (Å²) in [5.41, 5.74) is 5.24. The molecule has 1 heterocycles. The highest BCUT2D eigenvalue weighted by Crippen LogP contribution is 2.16. The monoisotopic (exact) mass is 241 g/mol. The predicted molar refractivity (Wildman–Crippen MR) is 63.9 cm³/mol.